The molecule has 1 aliphatic heterocycles. The summed E-state index contributed by atoms with van der Waals surface area (Å²) in [5, 5.41) is 9.16. The molecule has 1 heterocycles. The van der Waals surface area contributed by atoms with Crippen LogP contribution in [0.2, 0.25) is 0 Å². The van der Waals surface area contributed by atoms with Gasteiger partial charge in [0.25, 0.3) is 0 Å². The van der Waals surface area contributed by atoms with Crippen LogP contribution in [0.1, 0.15) is 42.4 Å². The highest BCUT2D eigenvalue weighted by molar-refractivity contribution is 5.92. The molecule has 2 atom stereocenters. The molecule has 1 N–H and O–H groups in total. The summed E-state index contributed by atoms with van der Waals surface area (Å²) < 4.78 is 5.39. The number of benzene rings is 1. The van der Waals surface area contributed by atoms with Gasteiger partial charge < -0.3 is 14.7 Å². The van der Waals surface area contributed by atoms with Gasteiger partial charge in [0.05, 0.1) is 17.9 Å². The van der Waals surface area contributed by atoms with Crippen molar-refractivity contribution in [1.29, 1.82) is 0 Å². The van der Waals surface area contributed by atoms with Crippen LogP contribution in [0.25, 0.3) is 0 Å². The standard InChI is InChI=1S/C19H25NO4/c1-12-6-13(2)8-14(7-12)19(4-5-19)18(23)20-11-16(24-3)9-15(20)10-17(21)22/h6-8,15-16H,4-5,9-11H2,1-3H3,(H,21,22). The van der Waals surface area contributed by atoms with Crippen molar-refractivity contribution in [1.82, 2.24) is 4.90 Å². The number of hydrogen-bond acceptors (Lipinski definition) is 3. The van der Waals surface area contributed by atoms with E-state index in [9.17, 15) is 9.59 Å². The number of amides is 1. The molecule has 5 nitrogen and oxygen atoms in total. The van der Waals surface area contributed by atoms with Crippen LogP contribution in [0.4, 0.5) is 0 Å². The predicted molar refractivity (Wildman–Crippen MR) is 90.0 cm³/mol. The monoisotopic (exact) mass is 331 g/mol. The van der Waals surface area contributed by atoms with Crippen LogP contribution in [0.5, 0.6) is 0 Å². The molecule has 2 fully saturated rings. The van der Waals surface area contributed by atoms with Crippen LogP contribution < -0.4 is 0 Å². The zero-order valence-electron chi connectivity index (χ0n) is 14.5. The molecule has 2 aliphatic rings. The third-order valence-corrected chi connectivity index (χ3v) is 5.31. The van der Waals surface area contributed by atoms with Crippen LogP contribution in [-0.2, 0) is 19.7 Å². The number of methoxy groups -OCH3 is 1. The minimum Gasteiger partial charge on any atom is -0.481 e. The van der Waals surface area contributed by atoms with Crippen molar-refractivity contribution < 1.29 is 19.4 Å². The van der Waals surface area contributed by atoms with E-state index in [1.54, 1.807) is 12.0 Å². The summed E-state index contributed by atoms with van der Waals surface area (Å²) in [5.41, 5.74) is 2.92. The predicted octanol–water partition coefficient (Wildman–Crippen LogP) is 2.43. The first-order valence-corrected chi connectivity index (χ1v) is 8.50. The minimum absolute atomic E-state index is 0.0193. The number of rotatable bonds is 5. The van der Waals surface area contributed by atoms with Gasteiger partial charge in [-0.2, -0.15) is 0 Å². The summed E-state index contributed by atoms with van der Waals surface area (Å²) in [6, 6.07) is 6.01. The first-order valence-electron chi connectivity index (χ1n) is 8.50. The molecule has 5 heteroatoms. The lowest BCUT2D eigenvalue weighted by Gasteiger charge is -2.28. The quantitative estimate of drug-likeness (QED) is 0.900. The van der Waals surface area contributed by atoms with Crippen molar-refractivity contribution in [2.45, 2.75) is 57.1 Å². The first kappa shape index (κ1) is 17.0. The van der Waals surface area contributed by atoms with Crippen molar-refractivity contribution in [2.24, 2.45) is 0 Å². The van der Waals surface area contributed by atoms with Gasteiger partial charge in [-0.15, -0.1) is 0 Å². The zero-order valence-corrected chi connectivity index (χ0v) is 14.5. The lowest BCUT2D eigenvalue weighted by Crippen LogP contribution is -2.43. The Labute approximate surface area is 142 Å². The molecule has 0 bridgehead atoms. The molecule has 2 unspecified atom stereocenters. The number of likely N-dealkylation sites (tertiary alicyclic amines) is 1. The molecule has 24 heavy (non-hydrogen) atoms. The van der Waals surface area contributed by atoms with Crippen LogP contribution in [-0.4, -0.2) is 47.7 Å². The van der Waals surface area contributed by atoms with Crippen LogP contribution in [0.15, 0.2) is 18.2 Å². The number of carbonyl (C=O) groups is 2. The van der Waals surface area contributed by atoms with Gasteiger partial charge in [0, 0.05) is 19.7 Å². The first-order chi connectivity index (χ1) is 11.4. The fourth-order valence-electron chi connectivity index (χ4n) is 3.97. The molecular weight excluding hydrogens is 306 g/mol. The van der Waals surface area contributed by atoms with E-state index in [4.69, 9.17) is 9.84 Å². The largest absolute Gasteiger partial charge is 0.481 e. The fraction of sp³-hybridized carbons (Fsp3) is 0.579. The van der Waals surface area contributed by atoms with Gasteiger partial charge >= 0.3 is 5.97 Å². The van der Waals surface area contributed by atoms with E-state index in [1.165, 1.54) is 0 Å². The SMILES string of the molecule is COC1CC(CC(=O)O)N(C(=O)C2(c3cc(C)cc(C)c3)CC2)C1. The summed E-state index contributed by atoms with van der Waals surface area (Å²) in [6.45, 7) is 4.57. The minimum atomic E-state index is -0.870. The molecule has 0 spiro atoms. The Balaban J connectivity index is 1.87. The average Bonchev–Trinajstić information content (AvgIpc) is 3.22. The van der Waals surface area contributed by atoms with Gasteiger partial charge in [-0.25, -0.2) is 0 Å². The topological polar surface area (TPSA) is 66.8 Å². The molecule has 3 rings (SSSR count). The lowest BCUT2D eigenvalue weighted by molar-refractivity contribution is -0.140. The normalized spacial score (nSPS) is 24.9. The van der Waals surface area contributed by atoms with Gasteiger partial charge in [0.2, 0.25) is 5.91 Å². The van der Waals surface area contributed by atoms with E-state index >= 15 is 0 Å². The third-order valence-electron chi connectivity index (χ3n) is 5.31. The summed E-state index contributed by atoms with van der Waals surface area (Å²) in [5.74, 6) is -0.802. The number of carbonyl (C=O) groups excluding carboxylic acids is 1. The molecule has 130 valence electrons. The molecule has 1 saturated carbocycles. The fourth-order valence-corrected chi connectivity index (χ4v) is 3.97. The van der Waals surface area contributed by atoms with Gasteiger partial charge in [-0.1, -0.05) is 29.3 Å². The Morgan fingerprint density at radius 2 is 1.88 bits per heavy atom. The van der Waals surface area contributed by atoms with Gasteiger partial charge in [0.1, 0.15) is 0 Å². The maximum absolute atomic E-state index is 13.3. The molecule has 1 amide bonds. The third kappa shape index (κ3) is 3.05. The molecule has 1 aromatic rings. The summed E-state index contributed by atoms with van der Waals surface area (Å²) in [7, 11) is 1.62. The Morgan fingerprint density at radius 1 is 1.25 bits per heavy atom. The van der Waals surface area contributed by atoms with E-state index in [0.717, 1.165) is 29.5 Å². The molecular formula is C19H25NO4. The summed E-state index contributed by atoms with van der Waals surface area (Å²) in [6.07, 6.45) is 2.17. The van der Waals surface area contributed by atoms with Crippen LogP contribution in [0, 0.1) is 13.8 Å². The van der Waals surface area contributed by atoms with Crippen molar-refractivity contribution in [3.05, 3.63) is 34.9 Å². The van der Waals surface area contributed by atoms with E-state index in [-0.39, 0.29) is 24.5 Å². The smallest absolute Gasteiger partial charge is 0.305 e. The van der Waals surface area contributed by atoms with Crippen molar-refractivity contribution in [2.75, 3.05) is 13.7 Å². The van der Waals surface area contributed by atoms with Crippen molar-refractivity contribution in [3.8, 4) is 0 Å². The number of carboxylic acid groups (broad SMARTS) is 1. The van der Waals surface area contributed by atoms with Crippen molar-refractivity contribution >= 4 is 11.9 Å². The van der Waals surface area contributed by atoms with Gasteiger partial charge in [-0.3, -0.25) is 9.59 Å². The van der Waals surface area contributed by atoms with Gasteiger partial charge in [0.15, 0.2) is 0 Å². The number of carboxylic acids is 1. The van der Waals surface area contributed by atoms with Gasteiger partial charge in [-0.05, 0) is 38.7 Å². The van der Waals surface area contributed by atoms with E-state index in [1.807, 2.05) is 13.8 Å². The molecule has 1 aliphatic carbocycles. The number of aryl methyl sites for hydroxylation is 2. The van der Waals surface area contributed by atoms with Crippen LogP contribution in [0.3, 0.4) is 0 Å². The Hall–Kier alpha value is -1.88. The second-order valence-electron chi connectivity index (χ2n) is 7.26. The second kappa shape index (κ2) is 6.20. The number of hydrogen-bond donors (Lipinski definition) is 1. The Kier molecular flexibility index (Phi) is 4.38. The highest BCUT2D eigenvalue weighted by Gasteiger charge is 2.55. The van der Waals surface area contributed by atoms with Crippen molar-refractivity contribution in [3.63, 3.8) is 0 Å². The highest BCUT2D eigenvalue weighted by atomic mass is 16.5. The second-order valence-corrected chi connectivity index (χ2v) is 7.26. The Morgan fingerprint density at radius 3 is 2.38 bits per heavy atom. The molecule has 0 aromatic heterocycles. The number of nitrogens with zero attached hydrogens (tertiary/aromatic N) is 1. The summed E-state index contributed by atoms with van der Waals surface area (Å²) in [4.78, 5) is 26.2. The molecule has 1 aromatic carbocycles. The number of aliphatic carboxylic acids is 1. The molecule has 0 radical (unpaired) electrons. The average molecular weight is 331 g/mol. The van der Waals surface area contributed by atoms with Crippen LogP contribution >= 0.6 is 0 Å². The van der Waals surface area contributed by atoms with E-state index in [2.05, 4.69) is 18.2 Å². The number of ether oxygens (including phenoxy) is 1. The summed E-state index contributed by atoms with van der Waals surface area (Å²) >= 11 is 0. The maximum atomic E-state index is 13.3. The highest BCUT2D eigenvalue weighted by Crippen LogP contribution is 2.51. The van der Waals surface area contributed by atoms with E-state index in [0.29, 0.717) is 13.0 Å². The molecule has 1 saturated heterocycles. The van der Waals surface area contributed by atoms with E-state index < -0.39 is 11.4 Å². The zero-order chi connectivity index (χ0) is 17.5. The Bertz CT molecular complexity index is 645. The lowest BCUT2D eigenvalue weighted by atomic mass is 9.91. The maximum Gasteiger partial charge on any atom is 0.305 e.